The molecule has 0 atom stereocenters. The Hall–Kier alpha value is -2.58. The van der Waals surface area contributed by atoms with Gasteiger partial charge in [0, 0.05) is 8.27 Å². The molecule has 0 aliphatic heterocycles. The van der Waals surface area contributed by atoms with Crippen LogP contribution in [0.1, 0.15) is 21.7 Å². The summed E-state index contributed by atoms with van der Waals surface area (Å²) >= 11 is 3.41. The second kappa shape index (κ2) is 9.06. The van der Waals surface area contributed by atoms with Crippen LogP contribution in [0.5, 0.6) is 0 Å². The van der Waals surface area contributed by atoms with Crippen molar-refractivity contribution in [2.24, 2.45) is 0 Å². The summed E-state index contributed by atoms with van der Waals surface area (Å²) in [6, 6.07) is 23.4. The molecule has 0 fully saturated rings. The standard InChI is InChI=1S/C24H17FINO2S/c25-18-10-11-20(19(26)13-18)27(15-16-6-2-1-3-7-16)24(29)14-21(28)23-12-17-8-4-5-9-22(17)30-23/h1-13H,14-15H2. The number of Topliss-reactive ketones (excluding diaryl/α,β-unsaturated/α-hetero) is 1. The number of fused-ring (bicyclic) bond motifs is 1. The van der Waals surface area contributed by atoms with Crippen LogP contribution in [-0.2, 0) is 11.3 Å². The van der Waals surface area contributed by atoms with Crippen LogP contribution < -0.4 is 4.90 Å². The van der Waals surface area contributed by atoms with Crippen LogP contribution in [0.3, 0.4) is 0 Å². The maximum Gasteiger partial charge on any atom is 0.235 e. The first-order valence-corrected chi connectivity index (χ1v) is 11.2. The smallest absolute Gasteiger partial charge is 0.235 e. The fourth-order valence-electron chi connectivity index (χ4n) is 3.21. The molecule has 3 aromatic carbocycles. The van der Waals surface area contributed by atoms with Crippen molar-refractivity contribution < 1.29 is 14.0 Å². The van der Waals surface area contributed by atoms with Gasteiger partial charge in [-0.15, -0.1) is 11.3 Å². The summed E-state index contributed by atoms with van der Waals surface area (Å²) in [6.45, 7) is 0.307. The maximum absolute atomic E-state index is 13.6. The third kappa shape index (κ3) is 4.60. The summed E-state index contributed by atoms with van der Waals surface area (Å²) in [5, 5.41) is 0.993. The van der Waals surface area contributed by atoms with Crippen molar-refractivity contribution in [1.29, 1.82) is 0 Å². The minimum absolute atomic E-state index is 0.212. The van der Waals surface area contributed by atoms with E-state index < -0.39 is 0 Å². The van der Waals surface area contributed by atoms with Crippen molar-refractivity contribution in [2.75, 3.05) is 4.90 Å². The minimum atomic E-state index is -0.364. The summed E-state index contributed by atoms with van der Waals surface area (Å²) in [5.41, 5.74) is 1.52. The SMILES string of the molecule is O=C(CC(=O)N(Cc1ccccc1)c1ccc(F)cc1I)c1cc2ccccc2s1. The van der Waals surface area contributed by atoms with Gasteiger partial charge in [0.15, 0.2) is 5.78 Å². The lowest BCUT2D eigenvalue weighted by Gasteiger charge is -2.24. The van der Waals surface area contributed by atoms with E-state index >= 15 is 0 Å². The van der Waals surface area contributed by atoms with E-state index in [9.17, 15) is 14.0 Å². The van der Waals surface area contributed by atoms with Crippen LogP contribution in [0.15, 0.2) is 78.9 Å². The number of halogens is 2. The lowest BCUT2D eigenvalue weighted by molar-refractivity contribution is -0.117. The number of hydrogen-bond donors (Lipinski definition) is 0. The van der Waals surface area contributed by atoms with Gasteiger partial charge in [-0.3, -0.25) is 9.59 Å². The molecule has 0 bridgehead atoms. The van der Waals surface area contributed by atoms with Gasteiger partial charge in [-0.25, -0.2) is 4.39 Å². The van der Waals surface area contributed by atoms with Crippen molar-refractivity contribution in [3.8, 4) is 0 Å². The van der Waals surface area contributed by atoms with E-state index in [-0.39, 0.29) is 23.9 Å². The average molecular weight is 529 g/mol. The molecule has 3 nitrogen and oxygen atoms in total. The summed E-state index contributed by atoms with van der Waals surface area (Å²) in [7, 11) is 0. The molecule has 0 aliphatic carbocycles. The number of hydrogen-bond acceptors (Lipinski definition) is 3. The van der Waals surface area contributed by atoms with Crippen LogP contribution >= 0.6 is 33.9 Å². The van der Waals surface area contributed by atoms with Crippen LogP contribution in [-0.4, -0.2) is 11.7 Å². The van der Waals surface area contributed by atoms with E-state index in [1.165, 1.54) is 23.5 Å². The molecule has 0 radical (unpaired) electrons. The molecule has 0 saturated carbocycles. The molecule has 0 spiro atoms. The topological polar surface area (TPSA) is 37.4 Å². The largest absolute Gasteiger partial charge is 0.307 e. The molecule has 4 aromatic rings. The second-order valence-electron chi connectivity index (χ2n) is 6.81. The number of carbonyl (C=O) groups excluding carboxylic acids is 2. The van der Waals surface area contributed by atoms with Crippen molar-refractivity contribution in [1.82, 2.24) is 0 Å². The van der Waals surface area contributed by atoms with E-state index in [1.54, 1.807) is 11.0 Å². The van der Waals surface area contributed by atoms with Crippen LogP contribution in [0.4, 0.5) is 10.1 Å². The molecule has 1 aromatic heterocycles. The molecule has 4 rings (SSSR count). The molecular weight excluding hydrogens is 512 g/mol. The van der Waals surface area contributed by atoms with Gasteiger partial charge in [-0.05, 0) is 63.9 Å². The zero-order valence-corrected chi connectivity index (χ0v) is 18.8. The number of nitrogens with zero attached hydrogens (tertiary/aromatic N) is 1. The van der Waals surface area contributed by atoms with Gasteiger partial charge in [0.2, 0.25) is 5.91 Å². The van der Waals surface area contributed by atoms with Crippen molar-refractivity contribution in [2.45, 2.75) is 13.0 Å². The first-order chi connectivity index (χ1) is 14.5. The fraction of sp³-hybridized carbons (Fsp3) is 0.0833. The minimum Gasteiger partial charge on any atom is -0.307 e. The Morgan fingerprint density at radius 3 is 2.40 bits per heavy atom. The van der Waals surface area contributed by atoms with Gasteiger partial charge in [-0.2, -0.15) is 0 Å². The fourth-order valence-corrected chi connectivity index (χ4v) is 4.98. The summed E-state index contributed by atoms with van der Waals surface area (Å²) in [4.78, 5) is 28.2. The van der Waals surface area contributed by atoms with Gasteiger partial charge in [0.05, 0.1) is 23.5 Å². The van der Waals surface area contributed by atoms with Crippen molar-refractivity contribution in [3.63, 3.8) is 0 Å². The van der Waals surface area contributed by atoms with E-state index in [0.29, 0.717) is 20.7 Å². The molecule has 0 saturated heterocycles. The summed E-state index contributed by atoms with van der Waals surface area (Å²) in [6.07, 6.45) is -0.243. The number of carbonyl (C=O) groups is 2. The molecule has 0 unspecified atom stereocenters. The summed E-state index contributed by atoms with van der Waals surface area (Å²) < 4.78 is 15.2. The van der Waals surface area contributed by atoms with E-state index in [1.807, 2.05) is 83.3 Å². The molecule has 150 valence electrons. The van der Waals surface area contributed by atoms with Gasteiger partial charge in [0.1, 0.15) is 5.82 Å². The first-order valence-electron chi connectivity index (χ1n) is 9.32. The normalized spacial score (nSPS) is 10.9. The van der Waals surface area contributed by atoms with Crippen LogP contribution in [0, 0.1) is 9.39 Å². The highest BCUT2D eigenvalue weighted by atomic mass is 127. The molecule has 30 heavy (non-hydrogen) atoms. The van der Waals surface area contributed by atoms with Gasteiger partial charge in [0.25, 0.3) is 0 Å². The predicted octanol–water partition coefficient (Wildman–Crippen LogP) is 6.45. The number of ketones is 1. The Bertz CT molecular complexity index is 1190. The molecule has 6 heteroatoms. The van der Waals surface area contributed by atoms with Gasteiger partial charge >= 0.3 is 0 Å². The van der Waals surface area contributed by atoms with Gasteiger partial charge < -0.3 is 4.90 Å². The predicted molar refractivity (Wildman–Crippen MR) is 128 cm³/mol. The number of rotatable bonds is 6. The van der Waals surface area contributed by atoms with Gasteiger partial charge in [-0.1, -0.05) is 48.5 Å². The van der Waals surface area contributed by atoms with Crippen molar-refractivity contribution >= 4 is 61.4 Å². The highest BCUT2D eigenvalue weighted by Gasteiger charge is 2.23. The molecule has 0 aliphatic rings. The zero-order chi connectivity index (χ0) is 21.1. The Balaban J connectivity index is 1.62. The summed E-state index contributed by atoms with van der Waals surface area (Å²) in [5.74, 6) is -0.890. The van der Waals surface area contributed by atoms with E-state index in [2.05, 4.69) is 0 Å². The molecule has 1 amide bonds. The third-order valence-corrected chi connectivity index (χ3v) is 6.72. The molecule has 1 heterocycles. The first kappa shape index (κ1) is 20.7. The Labute approximate surface area is 191 Å². The second-order valence-corrected chi connectivity index (χ2v) is 9.06. The Kier molecular flexibility index (Phi) is 6.24. The Morgan fingerprint density at radius 1 is 0.933 bits per heavy atom. The van der Waals surface area contributed by atoms with E-state index in [4.69, 9.17) is 0 Å². The van der Waals surface area contributed by atoms with E-state index in [0.717, 1.165) is 15.6 Å². The number of amides is 1. The monoisotopic (exact) mass is 529 g/mol. The molecule has 0 N–H and O–H groups in total. The maximum atomic E-state index is 13.6. The number of anilines is 1. The molecular formula is C24H17FINO2S. The number of thiophene rings is 1. The van der Waals surface area contributed by atoms with Crippen LogP contribution in [0.25, 0.3) is 10.1 Å². The van der Waals surface area contributed by atoms with Crippen LogP contribution in [0.2, 0.25) is 0 Å². The zero-order valence-electron chi connectivity index (χ0n) is 15.8. The lowest BCUT2D eigenvalue weighted by Crippen LogP contribution is -2.32. The highest BCUT2D eigenvalue weighted by Crippen LogP contribution is 2.29. The highest BCUT2D eigenvalue weighted by molar-refractivity contribution is 14.1. The lowest BCUT2D eigenvalue weighted by atomic mass is 10.1. The average Bonchev–Trinajstić information content (AvgIpc) is 3.18. The third-order valence-electron chi connectivity index (χ3n) is 4.70. The number of benzene rings is 3. The van der Waals surface area contributed by atoms with Crippen molar-refractivity contribution in [3.05, 3.63) is 98.7 Å². The quantitative estimate of drug-likeness (QED) is 0.164. The Morgan fingerprint density at radius 2 is 1.67 bits per heavy atom.